The lowest BCUT2D eigenvalue weighted by Crippen LogP contribution is -2.43. The SMILES string of the molecule is C[C@H]1COc2c(N3CCC(O)(c4ccc(Cl)cc4)CC3)c(F)cc3c(=O)c(C(=O)O)cn1c23. The molecule has 1 atom stereocenters. The summed E-state index contributed by atoms with van der Waals surface area (Å²) in [7, 11) is 0. The molecular formula is C24H22ClFN2O5. The lowest BCUT2D eigenvalue weighted by atomic mass is 9.84. The van der Waals surface area contributed by atoms with E-state index in [4.69, 9.17) is 16.3 Å². The number of piperidine rings is 1. The van der Waals surface area contributed by atoms with Gasteiger partial charge in [0, 0.05) is 24.3 Å². The molecule has 0 bridgehead atoms. The molecular weight excluding hydrogens is 451 g/mol. The molecule has 5 rings (SSSR count). The Balaban J connectivity index is 1.57. The summed E-state index contributed by atoms with van der Waals surface area (Å²) in [6, 6.07) is 7.92. The molecule has 7 nitrogen and oxygen atoms in total. The summed E-state index contributed by atoms with van der Waals surface area (Å²) >= 11 is 5.96. The predicted molar refractivity (Wildman–Crippen MR) is 122 cm³/mol. The van der Waals surface area contributed by atoms with Gasteiger partial charge in [0.15, 0.2) is 11.6 Å². The summed E-state index contributed by atoms with van der Waals surface area (Å²) in [6.45, 7) is 2.79. The lowest BCUT2D eigenvalue weighted by Gasteiger charge is -2.41. The van der Waals surface area contributed by atoms with Gasteiger partial charge in [-0.15, -0.1) is 0 Å². The Kier molecular flexibility index (Phi) is 5.10. The maximum Gasteiger partial charge on any atom is 0.341 e. The average Bonchev–Trinajstić information content (AvgIpc) is 2.78. The number of carboxylic acid groups (broad SMARTS) is 1. The number of aromatic carboxylic acids is 1. The van der Waals surface area contributed by atoms with Crippen LogP contribution in [-0.4, -0.2) is 40.4 Å². The number of anilines is 1. The number of aromatic nitrogens is 1. The quantitative estimate of drug-likeness (QED) is 0.600. The second kappa shape index (κ2) is 7.74. The molecule has 2 aliphatic rings. The molecule has 172 valence electrons. The smallest absolute Gasteiger partial charge is 0.341 e. The van der Waals surface area contributed by atoms with Crippen LogP contribution >= 0.6 is 11.6 Å². The zero-order valence-corrected chi connectivity index (χ0v) is 18.6. The molecule has 2 aliphatic heterocycles. The van der Waals surface area contributed by atoms with E-state index in [1.54, 1.807) is 28.8 Å². The van der Waals surface area contributed by atoms with Gasteiger partial charge in [-0.25, -0.2) is 9.18 Å². The Morgan fingerprint density at radius 1 is 1.24 bits per heavy atom. The first kappa shape index (κ1) is 21.7. The van der Waals surface area contributed by atoms with Gasteiger partial charge in [-0.3, -0.25) is 4.79 Å². The number of rotatable bonds is 3. The van der Waals surface area contributed by atoms with Crippen molar-refractivity contribution >= 4 is 34.2 Å². The highest BCUT2D eigenvalue weighted by molar-refractivity contribution is 6.30. The summed E-state index contributed by atoms with van der Waals surface area (Å²) in [5.74, 6) is -1.78. The molecule has 3 heterocycles. The minimum absolute atomic E-state index is 0.0209. The number of pyridine rings is 1. The minimum atomic E-state index is -1.35. The van der Waals surface area contributed by atoms with Crippen molar-refractivity contribution in [3.63, 3.8) is 0 Å². The highest BCUT2D eigenvalue weighted by Crippen LogP contribution is 2.44. The third kappa shape index (κ3) is 3.45. The number of halogens is 2. The number of ether oxygens (including phenoxy) is 1. The van der Waals surface area contributed by atoms with Gasteiger partial charge >= 0.3 is 5.97 Å². The van der Waals surface area contributed by atoms with Crippen LogP contribution in [0, 0.1) is 5.82 Å². The zero-order valence-electron chi connectivity index (χ0n) is 17.8. The van der Waals surface area contributed by atoms with Crippen LogP contribution in [0.15, 0.2) is 41.3 Å². The van der Waals surface area contributed by atoms with Crippen LogP contribution in [0.2, 0.25) is 5.02 Å². The van der Waals surface area contributed by atoms with Gasteiger partial charge in [-0.1, -0.05) is 23.7 Å². The Hall–Kier alpha value is -3.10. The molecule has 0 spiro atoms. The van der Waals surface area contributed by atoms with Crippen LogP contribution < -0.4 is 15.1 Å². The van der Waals surface area contributed by atoms with Crippen molar-refractivity contribution in [2.24, 2.45) is 0 Å². The van der Waals surface area contributed by atoms with Crippen molar-refractivity contribution < 1.29 is 24.1 Å². The van der Waals surface area contributed by atoms with Crippen molar-refractivity contribution in [1.29, 1.82) is 0 Å². The van der Waals surface area contributed by atoms with Gasteiger partial charge in [0.05, 0.1) is 22.5 Å². The van der Waals surface area contributed by atoms with Crippen LogP contribution in [0.1, 0.15) is 41.7 Å². The molecule has 9 heteroatoms. The molecule has 0 unspecified atom stereocenters. The molecule has 2 N–H and O–H groups in total. The van der Waals surface area contributed by atoms with Gasteiger partial charge in [0.1, 0.15) is 17.9 Å². The van der Waals surface area contributed by atoms with Crippen LogP contribution in [0.5, 0.6) is 5.75 Å². The topological polar surface area (TPSA) is 92.0 Å². The summed E-state index contributed by atoms with van der Waals surface area (Å²) < 4.78 is 23.0. The Labute approximate surface area is 193 Å². The van der Waals surface area contributed by atoms with Gasteiger partial charge < -0.3 is 24.4 Å². The number of aliphatic hydroxyl groups is 1. The Morgan fingerprint density at radius 2 is 1.91 bits per heavy atom. The van der Waals surface area contributed by atoms with Gasteiger partial charge in [-0.05, 0) is 43.5 Å². The molecule has 0 amide bonds. The second-order valence-corrected chi connectivity index (χ2v) is 9.14. The third-order valence-corrected chi connectivity index (χ3v) is 6.91. The average molecular weight is 473 g/mol. The Morgan fingerprint density at radius 3 is 2.55 bits per heavy atom. The van der Waals surface area contributed by atoms with Gasteiger partial charge in [0.25, 0.3) is 0 Å². The fraction of sp³-hybridized carbons (Fsp3) is 0.333. The summed E-state index contributed by atoms with van der Waals surface area (Å²) in [6.07, 6.45) is 2.04. The fourth-order valence-corrected chi connectivity index (χ4v) is 4.93. The van der Waals surface area contributed by atoms with Crippen molar-refractivity contribution in [3.05, 3.63) is 68.7 Å². The molecule has 0 radical (unpaired) electrons. The van der Waals surface area contributed by atoms with Gasteiger partial charge in [-0.2, -0.15) is 0 Å². The van der Waals surface area contributed by atoms with E-state index in [-0.39, 0.29) is 29.5 Å². The molecule has 1 fully saturated rings. The number of carbonyl (C=O) groups is 1. The van der Waals surface area contributed by atoms with E-state index in [9.17, 15) is 19.8 Å². The van der Waals surface area contributed by atoms with Crippen molar-refractivity contribution in [3.8, 4) is 5.75 Å². The Bertz CT molecular complexity index is 1330. The lowest BCUT2D eigenvalue weighted by molar-refractivity contribution is 0.0115. The second-order valence-electron chi connectivity index (χ2n) is 8.70. The van der Waals surface area contributed by atoms with Crippen LogP contribution in [0.3, 0.4) is 0 Å². The maximum absolute atomic E-state index is 15.4. The van der Waals surface area contributed by atoms with Crippen molar-refractivity contribution in [1.82, 2.24) is 4.57 Å². The number of nitrogens with zero attached hydrogens (tertiary/aromatic N) is 2. The summed E-state index contributed by atoms with van der Waals surface area (Å²) in [5, 5.41) is 21.2. The highest BCUT2D eigenvalue weighted by Gasteiger charge is 2.37. The monoisotopic (exact) mass is 472 g/mol. The first-order valence-electron chi connectivity index (χ1n) is 10.7. The number of carboxylic acids is 1. The minimum Gasteiger partial charge on any atom is -0.487 e. The first-order chi connectivity index (χ1) is 15.7. The van der Waals surface area contributed by atoms with E-state index in [1.807, 2.05) is 11.8 Å². The zero-order chi connectivity index (χ0) is 23.5. The van der Waals surface area contributed by atoms with E-state index < -0.39 is 28.4 Å². The van der Waals surface area contributed by atoms with E-state index in [2.05, 4.69) is 0 Å². The summed E-state index contributed by atoms with van der Waals surface area (Å²) in [4.78, 5) is 26.1. The molecule has 33 heavy (non-hydrogen) atoms. The van der Waals surface area contributed by atoms with E-state index in [0.717, 1.165) is 11.6 Å². The molecule has 1 aromatic heterocycles. The highest BCUT2D eigenvalue weighted by atomic mass is 35.5. The maximum atomic E-state index is 15.4. The number of hydrogen-bond donors (Lipinski definition) is 2. The van der Waals surface area contributed by atoms with Crippen LogP contribution in [-0.2, 0) is 5.60 Å². The first-order valence-corrected chi connectivity index (χ1v) is 11.1. The predicted octanol–water partition coefficient (Wildman–Crippen LogP) is 3.93. The molecule has 0 saturated carbocycles. The fourth-order valence-electron chi connectivity index (χ4n) is 4.81. The molecule has 3 aromatic rings. The standard InChI is InChI=1S/C24H22ClFN2O5/c1-13-12-33-22-19-16(21(29)17(23(30)31)11-28(13)19)10-18(26)20(22)27-8-6-24(32,7-9-27)14-2-4-15(25)5-3-14/h2-5,10-11,13,32H,6-9,12H2,1H3,(H,30,31)/t13-/m0/s1. The van der Waals surface area contributed by atoms with Crippen molar-refractivity contribution in [2.75, 3.05) is 24.6 Å². The molecule has 1 saturated heterocycles. The normalized spacial score (nSPS) is 19.4. The number of benzene rings is 2. The largest absolute Gasteiger partial charge is 0.487 e. The van der Waals surface area contributed by atoms with Crippen LogP contribution in [0.25, 0.3) is 10.9 Å². The summed E-state index contributed by atoms with van der Waals surface area (Å²) in [5.41, 5.74) is -0.830. The van der Waals surface area contributed by atoms with Gasteiger partial charge in [0.2, 0.25) is 5.43 Å². The number of hydrogen-bond acceptors (Lipinski definition) is 5. The van der Waals surface area contributed by atoms with E-state index >= 15 is 4.39 Å². The third-order valence-electron chi connectivity index (χ3n) is 6.66. The van der Waals surface area contributed by atoms with Crippen molar-refractivity contribution in [2.45, 2.75) is 31.4 Å². The molecule has 0 aliphatic carbocycles. The van der Waals surface area contributed by atoms with E-state index in [1.165, 1.54) is 6.20 Å². The van der Waals surface area contributed by atoms with Crippen LogP contribution in [0.4, 0.5) is 10.1 Å². The van der Waals surface area contributed by atoms with E-state index in [0.29, 0.717) is 36.5 Å². The molecule has 2 aromatic carbocycles.